The quantitative estimate of drug-likeness (QED) is 0.185. The van der Waals surface area contributed by atoms with Gasteiger partial charge in [-0.25, -0.2) is 0 Å². The molecule has 0 saturated carbocycles. The monoisotopic (exact) mass is 625 g/mol. The summed E-state index contributed by atoms with van der Waals surface area (Å²) in [5.74, 6) is 0. The van der Waals surface area contributed by atoms with E-state index in [1.165, 1.54) is 54.4 Å². The van der Waals surface area contributed by atoms with Crippen molar-refractivity contribution >= 4 is 71.4 Å². The maximum atomic E-state index is 2.46. The molecule has 0 unspecified atom stereocenters. The Morgan fingerprint density at radius 3 is 1.45 bits per heavy atom. The molecule has 2 heterocycles. The number of rotatable bonds is 5. The topological polar surface area (TPSA) is 13.1 Å². The van der Waals surface area contributed by atoms with E-state index in [4.69, 9.17) is 0 Å². The number of hydrogen-bond acceptors (Lipinski definition) is 1. The molecule has 0 N–H and O–H groups in total. The van der Waals surface area contributed by atoms with Crippen molar-refractivity contribution in [3.8, 4) is 11.4 Å². The Morgan fingerprint density at radius 2 is 0.816 bits per heavy atom. The summed E-state index contributed by atoms with van der Waals surface area (Å²) in [7, 11) is 0. The van der Waals surface area contributed by atoms with E-state index in [0.29, 0.717) is 0 Å². The molecule has 0 atom stereocenters. The first-order valence-corrected chi connectivity index (χ1v) is 16.8. The van der Waals surface area contributed by atoms with Crippen LogP contribution in [0.2, 0.25) is 0 Å². The summed E-state index contributed by atoms with van der Waals surface area (Å²) in [6.07, 6.45) is 0. The second-order valence-electron chi connectivity index (χ2n) is 12.6. The van der Waals surface area contributed by atoms with E-state index in [-0.39, 0.29) is 0 Å². The summed E-state index contributed by atoms with van der Waals surface area (Å²) in [5, 5.41) is 7.37. The van der Waals surface area contributed by atoms with Crippen molar-refractivity contribution in [3.63, 3.8) is 0 Å². The Hall–Kier alpha value is -6.58. The number of nitrogens with zero attached hydrogens (tertiary/aromatic N) is 3. The van der Waals surface area contributed by atoms with Crippen LogP contribution in [0.1, 0.15) is 0 Å². The summed E-state index contributed by atoms with van der Waals surface area (Å²) in [4.78, 5) is 2.46. The predicted molar refractivity (Wildman–Crippen MR) is 207 cm³/mol. The number of aromatic nitrogens is 2. The maximum absolute atomic E-state index is 2.46. The lowest BCUT2D eigenvalue weighted by molar-refractivity contribution is 1.16. The molecule has 230 valence electrons. The normalized spacial score (nSPS) is 11.7. The number of hydrogen-bond donors (Lipinski definition) is 0. The lowest BCUT2D eigenvalue weighted by Crippen LogP contribution is -2.13. The first-order valence-electron chi connectivity index (χ1n) is 16.8. The van der Waals surface area contributed by atoms with Crippen LogP contribution in [0.25, 0.3) is 65.8 Å². The SMILES string of the molecule is c1ccc(N(c2cccc3c4ccccc4n(-c4ccccc4)c23)c2cccc3c4ccccc4n(-c4ccc5ccccc5c4)c23)cc1. The summed E-state index contributed by atoms with van der Waals surface area (Å²) in [6, 6.07) is 68.0. The van der Waals surface area contributed by atoms with Crippen LogP contribution >= 0.6 is 0 Å². The molecule has 2 aromatic heterocycles. The van der Waals surface area contributed by atoms with Crippen LogP contribution < -0.4 is 4.90 Å². The first kappa shape index (κ1) is 27.5. The molecule has 3 nitrogen and oxygen atoms in total. The molecule has 8 aromatic carbocycles. The van der Waals surface area contributed by atoms with Crippen LogP contribution in [0.4, 0.5) is 17.1 Å². The van der Waals surface area contributed by atoms with Gasteiger partial charge in [0, 0.05) is 38.6 Å². The van der Waals surface area contributed by atoms with Crippen molar-refractivity contribution in [3.05, 3.63) is 188 Å². The molecule has 0 spiro atoms. The van der Waals surface area contributed by atoms with Crippen molar-refractivity contribution in [1.82, 2.24) is 9.13 Å². The highest BCUT2D eigenvalue weighted by Gasteiger charge is 2.25. The second kappa shape index (κ2) is 11.0. The van der Waals surface area contributed by atoms with Gasteiger partial charge in [-0.05, 0) is 71.4 Å². The van der Waals surface area contributed by atoms with Gasteiger partial charge in [0.1, 0.15) is 0 Å². The molecule has 3 heteroatoms. The third-order valence-electron chi connectivity index (χ3n) is 9.85. The van der Waals surface area contributed by atoms with Crippen LogP contribution in [0.3, 0.4) is 0 Å². The first-order chi connectivity index (χ1) is 24.3. The molecular formula is C46H31N3. The molecule has 10 aromatic rings. The van der Waals surface area contributed by atoms with Crippen molar-refractivity contribution < 1.29 is 0 Å². The molecule has 0 radical (unpaired) electrons. The van der Waals surface area contributed by atoms with Gasteiger partial charge in [-0.3, -0.25) is 0 Å². The molecule has 0 aliphatic rings. The molecule has 0 saturated heterocycles. The molecule has 0 amide bonds. The van der Waals surface area contributed by atoms with Gasteiger partial charge in [0.2, 0.25) is 0 Å². The number of anilines is 3. The molecule has 0 bridgehead atoms. The Kier molecular flexibility index (Phi) is 6.18. The zero-order valence-corrected chi connectivity index (χ0v) is 26.7. The van der Waals surface area contributed by atoms with Gasteiger partial charge in [-0.1, -0.05) is 127 Å². The lowest BCUT2D eigenvalue weighted by Gasteiger charge is -2.28. The number of benzene rings is 8. The smallest absolute Gasteiger partial charge is 0.0782 e. The third kappa shape index (κ3) is 4.23. The Morgan fingerprint density at radius 1 is 0.327 bits per heavy atom. The third-order valence-corrected chi connectivity index (χ3v) is 9.85. The highest BCUT2D eigenvalue weighted by atomic mass is 15.2. The predicted octanol–water partition coefficient (Wildman–Crippen LogP) is 12.5. The fraction of sp³-hybridized carbons (Fsp3) is 0. The minimum atomic E-state index is 1.10. The van der Waals surface area contributed by atoms with Gasteiger partial charge in [0.25, 0.3) is 0 Å². The largest absolute Gasteiger partial charge is 0.307 e. The zero-order valence-electron chi connectivity index (χ0n) is 26.7. The van der Waals surface area contributed by atoms with Gasteiger partial charge >= 0.3 is 0 Å². The van der Waals surface area contributed by atoms with E-state index in [2.05, 4.69) is 202 Å². The van der Waals surface area contributed by atoms with Crippen LogP contribution in [0.15, 0.2) is 188 Å². The fourth-order valence-corrected chi connectivity index (χ4v) is 7.78. The summed E-state index contributed by atoms with van der Waals surface area (Å²) < 4.78 is 4.88. The summed E-state index contributed by atoms with van der Waals surface area (Å²) >= 11 is 0. The van der Waals surface area contributed by atoms with Crippen molar-refractivity contribution in [1.29, 1.82) is 0 Å². The fourth-order valence-electron chi connectivity index (χ4n) is 7.78. The van der Waals surface area contributed by atoms with E-state index in [1.807, 2.05) is 0 Å². The van der Waals surface area contributed by atoms with Crippen LogP contribution in [0.5, 0.6) is 0 Å². The summed E-state index contributed by atoms with van der Waals surface area (Å²) in [5.41, 5.74) is 10.3. The molecule has 0 fully saturated rings. The van der Waals surface area contributed by atoms with E-state index >= 15 is 0 Å². The second-order valence-corrected chi connectivity index (χ2v) is 12.6. The van der Waals surface area contributed by atoms with Crippen molar-refractivity contribution in [2.75, 3.05) is 4.90 Å². The van der Waals surface area contributed by atoms with Crippen LogP contribution in [-0.2, 0) is 0 Å². The Balaban J connectivity index is 1.35. The molecule has 0 aliphatic heterocycles. The molecule has 0 aliphatic carbocycles. The highest BCUT2D eigenvalue weighted by molar-refractivity contribution is 6.18. The van der Waals surface area contributed by atoms with E-state index < -0.39 is 0 Å². The zero-order chi connectivity index (χ0) is 32.3. The average molecular weight is 626 g/mol. The minimum Gasteiger partial charge on any atom is -0.307 e. The summed E-state index contributed by atoms with van der Waals surface area (Å²) in [6.45, 7) is 0. The van der Waals surface area contributed by atoms with Gasteiger partial charge < -0.3 is 14.0 Å². The van der Waals surface area contributed by atoms with Crippen LogP contribution in [0, 0.1) is 0 Å². The van der Waals surface area contributed by atoms with Gasteiger partial charge in [-0.15, -0.1) is 0 Å². The minimum absolute atomic E-state index is 1.10. The van der Waals surface area contributed by atoms with E-state index in [1.54, 1.807) is 0 Å². The van der Waals surface area contributed by atoms with Crippen molar-refractivity contribution in [2.24, 2.45) is 0 Å². The Bertz CT molecular complexity index is 2830. The average Bonchev–Trinajstić information content (AvgIpc) is 3.70. The number of fused-ring (bicyclic) bond motifs is 7. The number of para-hydroxylation sites is 6. The van der Waals surface area contributed by atoms with E-state index in [9.17, 15) is 0 Å². The molecule has 10 rings (SSSR count). The van der Waals surface area contributed by atoms with Gasteiger partial charge in [0.05, 0.1) is 33.4 Å². The van der Waals surface area contributed by atoms with E-state index in [0.717, 1.165) is 28.4 Å². The van der Waals surface area contributed by atoms with Crippen molar-refractivity contribution in [2.45, 2.75) is 0 Å². The standard InChI is InChI=1S/C46H31N3/c1-3-17-34(18-4-1)47(43-27-13-23-39-37-21-9-11-25-41(37)48(45(39)43)35-19-5-2-6-20-35)44-28-14-24-40-38-22-10-12-26-42(38)49(46(40)44)36-30-29-32-15-7-8-16-33(32)31-36/h1-31H. The highest BCUT2D eigenvalue weighted by Crippen LogP contribution is 2.47. The maximum Gasteiger partial charge on any atom is 0.0782 e. The lowest BCUT2D eigenvalue weighted by atomic mass is 10.1. The van der Waals surface area contributed by atoms with Crippen LogP contribution in [-0.4, -0.2) is 9.13 Å². The molecule has 49 heavy (non-hydrogen) atoms. The Labute approximate surface area is 284 Å². The molecular weight excluding hydrogens is 595 g/mol. The van der Waals surface area contributed by atoms with Gasteiger partial charge in [0.15, 0.2) is 0 Å². The van der Waals surface area contributed by atoms with Gasteiger partial charge in [-0.2, -0.15) is 0 Å².